The van der Waals surface area contributed by atoms with Gasteiger partial charge in [-0.3, -0.25) is 4.79 Å². The molecule has 0 bridgehead atoms. The van der Waals surface area contributed by atoms with Gasteiger partial charge in [0.2, 0.25) is 0 Å². The summed E-state index contributed by atoms with van der Waals surface area (Å²) >= 11 is 6.12. The van der Waals surface area contributed by atoms with E-state index in [9.17, 15) is 4.79 Å². The summed E-state index contributed by atoms with van der Waals surface area (Å²) in [7, 11) is 4.15. The number of hydrogen-bond acceptors (Lipinski definition) is 3. The van der Waals surface area contributed by atoms with Crippen molar-refractivity contribution in [3.8, 4) is 0 Å². The predicted molar refractivity (Wildman–Crippen MR) is 126 cm³/mol. The number of benzene rings is 3. The van der Waals surface area contributed by atoms with Crippen LogP contribution in [0.1, 0.15) is 16.7 Å². The predicted octanol–water partition coefficient (Wildman–Crippen LogP) is 5.38. The van der Waals surface area contributed by atoms with Crippen molar-refractivity contribution in [3.63, 3.8) is 0 Å². The van der Waals surface area contributed by atoms with E-state index in [-0.39, 0.29) is 5.91 Å². The lowest BCUT2D eigenvalue weighted by Gasteiger charge is -2.15. The van der Waals surface area contributed by atoms with Crippen molar-refractivity contribution in [2.24, 2.45) is 0 Å². The largest absolute Gasteiger partial charge is 0.354 e. The molecule has 0 aliphatic carbocycles. The van der Waals surface area contributed by atoms with Crippen LogP contribution in [0.5, 0.6) is 0 Å². The molecule has 5 heteroatoms. The van der Waals surface area contributed by atoms with E-state index in [4.69, 9.17) is 11.6 Å². The van der Waals surface area contributed by atoms with Gasteiger partial charge in [-0.15, -0.1) is 0 Å². The summed E-state index contributed by atoms with van der Waals surface area (Å²) in [6.45, 7) is 1.01. The standard InChI is InChI=1S/C25H24ClN3O/c1-29(2)15-14-17-8-11-20(12-9-17)27-24(18-6-4-3-5-7-18)23-21-13-10-19(26)16-22(21)28-25(23)30/h3-13,16,27H,14-15H2,1-2H3,(H,28,30). The summed E-state index contributed by atoms with van der Waals surface area (Å²) in [5.41, 5.74) is 6.13. The molecule has 1 aliphatic heterocycles. The van der Waals surface area contributed by atoms with Gasteiger partial charge in [-0.05, 0) is 55.9 Å². The van der Waals surface area contributed by atoms with Crippen LogP contribution in [0.4, 0.5) is 11.4 Å². The quantitative estimate of drug-likeness (QED) is 0.529. The topological polar surface area (TPSA) is 44.4 Å². The number of carbonyl (C=O) groups excluding carboxylic acids is 1. The number of halogens is 1. The van der Waals surface area contributed by atoms with E-state index in [0.29, 0.717) is 10.6 Å². The molecule has 0 spiro atoms. The number of nitrogens with one attached hydrogen (secondary N) is 2. The monoisotopic (exact) mass is 417 g/mol. The molecule has 1 amide bonds. The summed E-state index contributed by atoms with van der Waals surface area (Å²) in [6, 6.07) is 23.8. The highest BCUT2D eigenvalue weighted by Crippen LogP contribution is 2.38. The number of likely N-dealkylation sites (N-methyl/N-ethyl adjacent to an activating group) is 1. The van der Waals surface area contributed by atoms with Crippen LogP contribution in [0, 0.1) is 0 Å². The Morgan fingerprint density at radius 2 is 1.73 bits per heavy atom. The normalized spacial score (nSPS) is 14.5. The molecule has 4 nitrogen and oxygen atoms in total. The highest BCUT2D eigenvalue weighted by atomic mass is 35.5. The number of amides is 1. The summed E-state index contributed by atoms with van der Waals surface area (Å²) in [6.07, 6.45) is 0.996. The Kier molecular flexibility index (Phi) is 5.88. The molecule has 2 N–H and O–H groups in total. The molecule has 1 heterocycles. The van der Waals surface area contributed by atoms with Gasteiger partial charge < -0.3 is 15.5 Å². The van der Waals surface area contributed by atoms with E-state index in [2.05, 4.69) is 53.9 Å². The maximum Gasteiger partial charge on any atom is 0.258 e. The molecule has 0 aromatic heterocycles. The second-order valence-electron chi connectivity index (χ2n) is 7.64. The van der Waals surface area contributed by atoms with Gasteiger partial charge in [0, 0.05) is 22.8 Å². The van der Waals surface area contributed by atoms with Crippen molar-refractivity contribution in [1.82, 2.24) is 4.90 Å². The molecular weight excluding hydrogens is 394 g/mol. The zero-order valence-electron chi connectivity index (χ0n) is 17.1. The Balaban J connectivity index is 1.73. The van der Waals surface area contributed by atoms with E-state index in [1.54, 1.807) is 6.07 Å². The fourth-order valence-corrected chi connectivity index (χ4v) is 3.70. The summed E-state index contributed by atoms with van der Waals surface area (Å²) in [4.78, 5) is 15.1. The Morgan fingerprint density at radius 3 is 2.43 bits per heavy atom. The molecule has 4 rings (SSSR count). The Bertz CT molecular complexity index is 1090. The van der Waals surface area contributed by atoms with Crippen molar-refractivity contribution in [3.05, 3.63) is 94.5 Å². The number of nitrogens with zero attached hydrogens (tertiary/aromatic N) is 1. The Morgan fingerprint density at radius 1 is 1.00 bits per heavy atom. The van der Waals surface area contributed by atoms with Gasteiger partial charge in [0.1, 0.15) is 0 Å². The molecule has 0 unspecified atom stereocenters. The van der Waals surface area contributed by atoms with Crippen LogP contribution in [0.3, 0.4) is 0 Å². The van der Waals surface area contributed by atoms with Crippen molar-refractivity contribution in [2.45, 2.75) is 6.42 Å². The molecule has 0 fully saturated rings. The first-order valence-electron chi connectivity index (χ1n) is 9.93. The minimum Gasteiger partial charge on any atom is -0.354 e. The first kappa shape index (κ1) is 20.2. The molecule has 30 heavy (non-hydrogen) atoms. The third-order valence-corrected chi connectivity index (χ3v) is 5.34. The first-order valence-corrected chi connectivity index (χ1v) is 10.3. The molecular formula is C25H24ClN3O. The second kappa shape index (κ2) is 8.74. The average molecular weight is 418 g/mol. The van der Waals surface area contributed by atoms with Crippen LogP contribution in [0.25, 0.3) is 11.3 Å². The number of fused-ring (bicyclic) bond motifs is 1. The minimum atomic E-state index is -0.138. The molecule has 3 aromatic carbocycles. The lowest BCUT2D eigenvalue weighted by molar-refractivity contribution is -0.110. The molecule has 0 radical (unpaired) electrons. The van der Waals surface area contributed by atoms with Gasteiger partial charge in [0.15, 0.2) is 0 Å². The van der Waals surface area contributed by atoms with Crippen LogP contribution < -0.4 is 10.6 Å². The zero-order valence-corrected chi connectivity index (χ0v) is 17.8. The molecule has 0 saturated carbocycles. The van der Waals surface area contributed by atoms with E-state index in [1.165, 1.54) is 5.56 Å². The molecule has 3 aromatic rings. The smallest absolute Gasteiger partial charge is 0.258 e. The van der Waals surface area contributed by atoms with E-state index >= 15 is 0 Å². The van der Waals surface area contributed by atoms with Crippen LogP contribution in [0.2, 0.25) is 5.02 Å². The maximum absolute atomic E-state index is 12.9. The number of hydrogen-bond donors (Lipinski definition) is 2. The summed E-state index contributed by atoms with van der Waals surface area (Å²) in [5.74, 6) is -0.138. The van der Waals surface area contributed by atoms with Gasteiger partial charge in [-0.25, -0.2) is 0 Å². The summed E-state index contributed by atoms with van der Waals surface area (Å²) in [5, 5.41) is 7.02. The van der Waals surface area contributed by atoms with Crippen LogP contribution in [-0.4, -0.2) is 31.4 Å². The molecule has 152 valence electrons. The van der Waals surface area contributed by atoms with Gasteiger partial charge in [0.25, 0.3) is 5.91 Å². The van der Waals surface area contributed by atoms with Gasteiger partial charge >= 0.3 is 0 Å². The van der Waals surface area contributed by atoms with E-state index < -0.39 is 0 Å². The van der Waals surface area contributed by atoms with Crippen molar-refractivity contribution >= 4 is 40.2 Å². The van der Waals surface area contributed by atoms with Crippen LogP contribution in [0.15, 0.2) is 72.8 Å². The number of carbonyl (C=O) groups is 1. The van der Waals surface area contributed by atoms with E-state index in [1.807, 2.05) is 42.5 Å². The van der Waals surface area contributed by atoms with Gasteiger partial charge in [-0.2, -0.15) is 0 Å². The maximum atomic E-state index is 12.9. The van der Waals surface area contributed by atoms with Crippen LogP contribution >= 0.6 is 11.6 Å². The molecule has 0 saturated heterocycles. The third-order valence-electron chi connectivity index (χ3n) is 5.11. The third kappa shape index (κ3) is 4.40. The second-order valence-corrected chi connectivity index (χ2v) is 8.07. The molecule has 0 atom stereocenters. The van der Waals surface area contributed by atoms with E-state index in [0.717, 1.165) is 41.2 Å². The van der Waals surface area contributed by atoms with Crippen molar-refractivity contribution < 1.29 is 4.79 Å². The van der Waals surface area contributed by atoms with Crippen molar-refractivity contribution in [1.29, 1.82) is 0 Å². The highest BCUT2D eigenvalue weighted by molar-refractivity contribution is 6.38. The number of rotatable bonds is 6. The Hall–Kier alpha value is -3.08. The lowest BCUT2D eigenvalue weighted by atomic mass is 10.00. The average Bonchev–Trinajstić information content (AvgIpc) is 3.06. The fraction of sp³-hybridized carbons (Fsp3) is 0.160. The lowest BCUT2D eigenvalue weighted by Crippen LogP contribution is -2.15. The Labute approximate surface area is 182 Å². The summed E-state index contributed by atoms with van der Waals surface area (Å²) < 4.78 is 0. The van der Waals surface area contributed by atoms with Gasteiger partial charge in [-0.1, -0.05) is 60.1 Å². The molecule has 1 aliphatic rings. The minimum absolute atomic E-state index is 0.138. The van der Waals surface area contributed by atoms with Crippen LogP contribution in [-0.2, 0) is 11.2 Å². The first-order chi connectivity index (χ1) is 14.5. The van der Waals surface area contributed by atoms with Gasteiger partial charge in [0.05, 0.1) is 17.0 Å². The number of anilines is 2. The highest BCUT2D eigenvalue weighted by Gasteiger charge is 2.28. The van der Waals surface area contributed by atoms with Crippen molar-refractivity contribution in [2.75, 3.05) is 31.3 Å². The SMILES string of the molecule is CN(C)CCc1ccc(NC(=C2C(=O)Nc3cc(Cl)ccc32)c2ccccc2)cc1. The fourth-order valence-electron chi connectivity index (χ4n) is 3.53. The zero-order chi connectivity index (χ0) is 21.1.